The molecular formula is C12H10N4OS. The van der Waals surface area contributed by atoms with Gasteiger partial charge in [-0.05, 0) is 12.1 Å². The second kappa shape index (κ2) is 5.80. The van der Waals surface area contributed by atoms with Crippen molar-refractivity contribution < 1.29 is 4.79 Å². The first-order valence-electron chi connectivity index (χ1n) is 5.13. The first-order chi connectivity index (χ1) is 8.83. The summed E-state index contributed by atoms with van der Waals surface area (Å²) >= 11 is 1.28. The molecule has 6 heteroatoms. The predicted molar refractivity (Wildman–Crippen MR) is 70.2 cm³/mol. The van der Waals surface area contributed by atoms with Crippen LogP contribution in [0.2, 0.25) is 0 Å². The molecule has 0 unspecified atom stereocenters. The fourth-order valence-electron chi connectivity index (χ4n) is 1.34. The predicted octanol–water partition coefficient (Wildman–Crippen LogP) is 1.10. The van der Waals surface area contributed by atoms with Crippen molar-refractivity contribution in [3.05, 3.63) is 40.5 Å². The van der Waals surface area contributed by atoms with E-state index in [0.29, 0.717) is 22.8 Å². The van der Waals surface area contributed by atoms with E-state index in [-0.39, 0.29) is 5.78 Å². The molecule has 0 fully saturated rings. The largest absolute Gasteiger partial charge is 0.359 e. The van der Waals surface area contributed by atoms with Crippen molar-refractivity contribution in [2.24, 2.45) is 5.73 Å². The number of ketones is 1. The summed E-state index contributed by atoms with van der Waals surface area (Å²) in [7, 11) is 0. The van der Waals surface area contributed by atoms with Crippen molar-refractivity contribution >= 4 is 22.9 Å². The monoisotopic (exact) mass is 258 g/mol. The summed E-state index contributed by atoms with van der Waals surface area (Å²) in [6.45, 7) is 0.355. The highest BCUT2D eigenvalue weighted by Crippen LogP contribution is 2.21. The van der Waals surface area contributed by atoms with E-state index in [2.05, 4.69) is 27.2 Å². The molecular weight excluding hydrogens is 248 g/mol. The fraction of sp³-hybridized carbons (Fsp3) is 0.0833. The van der Waals surface area contributed by atoms with Gasteiger partial charge in [0.2, 0.25) is 5.78 Å². The van der Waals surface area contributed by atoms with Gasteiger partial charge in [-0.3, -0.25) is 9.78 Å². The summed E-state index contributed by atoms with van der Waals surface area (Å²) < 4.78 is 0. The van der Waals surface area contributed by atoms with Gasteiger partial charge in [0.1, 0.15) is 10.7 Å². The lowest BCUT2D eigenvalue weighted by atomic mass is 10.1. The average molecular weight is 258 g/mol. The lowest BCUT2D eigenvalue weighted by molar-refractivity contribution is 0.104. The molecule has 0 bridgehead atoms. The molecule has 0 aliphatic heterocycles. The summed E-state index contributed by atoms with van der Waals surface area (Å²) in [4.78, 5) is 20.8. The highest BCUT2D eigenvalue weighted by molar-refractivity contribution is 7.12. The molecule has 0 atom stereocenters. The Kier molecular flexibility index (Phi) is 3.89. The van der Waals surface area contributed by atoms with Crippen LogP contribution >= 0.6 is 11.3 Å². The van der Waals surface area contributed by atoms with E-state index in [1.165, 1.54) is 17.5 Å². The van der Waals surface area contributed by atoms with Crippen LogP contribution in [0.25, 0.3) is 0 Å². The summed E-state index contributed by atoms with van der Waals surface area (Å²) in [5, 5.41) is 2.95. The number of carbonyl (C=O) groups is 1. The Balaban J connectivity index is 2.20. The lowest BCUT2D eigenvalue weighted by Crippen LogP contribution is -2.06. The van der Waals surface area contributed by atoms with Gasteiger partial charge in [-0.15, -0.1) is 11.3 Å². The third-order valence-electron chi connectivity index (χ3n) is 2.14. The van der Waals surface area contributed by atoms with Crippen molar-refractivity contribution in [2.45, 2.75) is 0 Å². The molecule has 2 heterocycles. The Labute approximate surface area is 108 Å². The van der Waals surface area contributed by atoms with Gasteiger partial charge in [-0.25, -0.2) is 4.98 Å². The van der Waals surface area contributed by atoms with E-state index >= 15 is 0 Å². The molecule has 2 aromatic heterocycles. The maximum Gasteiger partial charge on any atom is 0.208 e. The number of hydrogen-bond donors (Lipinski definition) is 2. The molecule has 0 amide bonds. The van der Waals surface area contributed by atoms with Gasteiger partial charge in [0, 0.05) is 24.0 Å². The minimum Gasteiger partial charge on any atom is -0.359 e. The zero-order chi connectivity index (χ0) is 12.8. The van der Waals surface area contributed by atoms with Gasteiger partial charge < -0.3 is 11.1 Å². The van der Waals surface area contributed by atoms with E-state index in [4.69, 9.17) is 5.73 Å². The fourth-order valence-corrected chi connectivity index (χ4v) is 2.07. The van der Waals surface area contributed by atoms with Crippen molar-refractivity contribution in [3.8, 4) is 12.0 Å². The van der Waals surface area contributed by atoms with Crippen molar-refractivity contribution in [2.75, 3.05) is 11.9 Å². The van der Waals surface area contributed by atoms with E-state index < -0.39 is 0 Å². The normalized spacial score (nSPS) is 9.33. The van der Waals surface area contributed by atoms with Crippen molar-refractivity contribution in [1.29, 1.82) is 0 Å². The van der Waals surface area contributed by atoms with Gasteiger partial charge in [0.05, 0.1) is 12.1 Å². The lowest BCUT2D eigenvalue weighted by Gasteiger charge is -2.02. The summed E-state index contributed by atoms with van der Waals surface area (Å²) in [5.41, 5.74) is 7.21. The molecule has 5 nitrogen and oxygen atoms in total. The van der Waals surface area contributed by atoms with Gasteiger partial charge in [0.15, 0.2) is 0 Å². The second-order valence-electron chi connectivity index (χ2n) is 3.28. The molecule has 90 valence electrons. The smallest absolute Gasteiger partial charge is 0.208 e. The van der Waals surface area contributed by atoms with E-state index in [1.54, 1.807) is 23.8 Å². The molecule has 0 aliphatic carbocycles. The summed E-state index contributed by atoms with van der Waals surface area (Å²) in [6, 6.07) is 5.72. The molecule has 18 heavy (non-hydrogen) atoms. The van der Waals surface area contributed by atoms with Crippen LogP contribution in [-0.4, -0.2) is 22.3 Å². The van der Waals surface area contributed by atoms with Crippen LogP contribution in [0, 0.1) is 12.0 Å². The number of nitrogens with one attached hydrogen (secondary N) is 1. The minimum absolute atomic E-state index is 0.103. The number of nitrogens with two attached hydrogens (primary N) is 1. The number of rotatable bonds is 4. The molecule has 2 aromatic rings. The number of hydrogen-bond acceptors (Lipinski definition) is 6. The molecule has 3 N–H and O–H groups in total. The van der Waals surface area contributed by atoms with E-state index in [1.807, 2.05) is 0 Å². The van der Waals surface area contributed by atoms with Gasteiger partial charge in [0.25, 0.3) is 0 Å². The van der Waals surface area contributed by atoms with E-state index in [0.717, 1.165) is 0 Å². The third-order valence-corrected chi connectivity index (χ3v) is 2.97. The van der Waals surface area contributed by atoms with Crippen LogP contribution in [0.15, 0.2) is 30.0 Å². The number of thiazole rings is 1. The summed E-state index contributed by atoms with van der Waals surface area (Å²) in [5.74, 6) is 3.07. The van der Waals surface area contributed by atoms with Gasteiger partial charge >= 0.3 is 0 Å². The van der Waals surface area contributed by atoms with E-state index in [9.17, 15) is 4.79 Å². The number of aromatic nitrogens is 2. The first-order valence-corrected chi connectivity index (χ1v) is 6.01. The molecule has 0 aliphatic rings. The van der Waals surface area contributed by atoms with Crippen LogP contribution < -0.4 is 11.1 Å². The number of nitrogens with zero attached hydrogens (tertiary/aromatic N) is 2. The molecule has 0 spiro atoms. The Morgan fingerprint density at radius 1 is 1.56 bits per heavy atom. The zero-order valence-electron chi connectivity index (χ0n) is 9.38. The van der Waals surface area contributed by atoms with Gasteiger partial charge in [-0.1, -0.05) is 5.92 Å². The number of pyridine rings is 1. The minimum atomic E-state index is -0.103. The van der Waals surface area contributed by atoms with Crippen LogP contribution in [0.4, 0.5) is 5.82 Å². The number of anilines is 1. The second-order valence-corrected chi connectivity index (χ2v) is 4.13. The molecule has 0 saturated carbocycles. The third kappa shape index (κ3) is 2.64. The maximum atomic E-state index is 12.2. The molecule has 0 saturated heterocycles. The van der Waals surface area contributed by atoms with Crippen LogP contribution in [0.1, 0.15) is 15.2 Å². The quantitative estimate of drug-likeness (QED) is 0.487. The number of carbonyl (C=O) groups excluding carboxylic acids is 1. The van der Waals surface area contributed by atoms with Crippen LogP contribution in [0.5, 0.6) is 0 Å². The Bertz CT molecular complexity index is 597. The average Bonchev–Trinajstić information content (AvgIpc) is 2.88. The SMILES string of the molecule is NC#CCNc1ncsc1C(=O)c1cccnc1. The highest BCUT2D eigenvalue weighted by Gasteiger charge is 2.16. The van der Waals surface area contributed by atoms with Crippen molar-refractivity contribution in [1.82, 2.24) is 9.97 Å². The Morgan fingerprint density at radius 2 is 2.44 bits per heavy atom. The topological polar surface area (TPSA) is 80.9 Å². The maximum absolute atomic E-state index is 12.2. The zero-order valence-corrected chi connectivity index (χ0v) is 10.2. The first kappa shape index (κ1) is 12.1. The molecule has 0 aromatic carbocycles. The Morgan fingerprint density at radius 3 is 3.17 bits per heavy atom. The molecule has 2 rings (SSSR count). The highest BCUT2D eigenvalue weighted by atomic mass is 32.1. The Hall–Kier alpha value is -2.39. The van der Waals surface area contributed by atoms with Crippen LogP contribution in [-0.2, 0) is 0 Å². The molecule has 0 radical (unpaired) electrons. The van der Waals surface area contributed by atoms with Gasteiger partial charge in [-0.2, -0.15) is 0 Å². The summed E-state index contributed by atoms with van der Waals surface area (Å²) in [6.07, 6.45) is 3.16. The van der Waals surface area contributed by atoms with Crippen molar-refractivity contribution in [3.63, 3.8) is 0 Å². The van der Waals surface area contributed by atoms with Crippen LogP contribution in [0.3, 0.4) is 0 Å². The standard InChI is InChI=1S/C12H10N4OS/c13-4-2-6-15-12-11(18-8-16-12)10(17)9-3-1-5-14-7-9/h1,3,5,7-8,15H,6,13H2.